The number of rotatable bonds is 6. The number of hydrogen-bond donors (Lipinski definition) is 1. The zero-order valence-electron chi connectivity index (χ0n) is 18.5. The van der Waals surface area contributed by atoms with Crippen LogP contribution in [0.2, 0.25) is 0 Å². The Hall–Kier alpha value is -3.21. The van der Waals surface area contributed by atoms with Crippen molar-refractivity contribution >= 4 is 11.9 Å². The number of ketones is 1. The van der Waals surface area contributed by atoms with Gasteiger partial charge in [-0.25, -0.2) is 4.79 Å². The largest absolute Gasteiger partial charge is 0.467 e. The van der Waals surface area contributed by atoms with Crippen LogP contribution in [0.15, 0.2) is 18.2 Å². The Morgan fingerprint density at radius 3 is 2.65 bits per heavy atom. The molecule has 0 bridgehead atoms. The van der Waals surface area contributed by atoms with Crippen molar-refractivity contribution in [1.82, 2.24) is 15.1 Å². The van der Waals surface area contributed by atoms with Crippen molar-refractivity contribution < 1.29 is 37.3 Å². The summed E-state index contributed by atoms with van der Waals surface area (Å²) in [7, 11) is 1.36. The maximum Gasteiger partial charge on any atom is 0.416 e. The topological polar surface area (TPSA) is 102 Å². The van der Waals surface area contributed by atoms with E-state index in [1.165, 1.54) is 18.1 Å². The number of carbonyl (C=O) groups excluding carboxylic acids is 1. The number of aromatic nitrogens is 2. The molecule has 0 radical (unpaired) electrons. The van der Waals surface area contributed by atoms with Crippen LogP contribution in [0, 0.1) is 5.92 Å². The van der Waals surface area contributed by atoms with E-state index in [0.29, 0.717) is 43.5 Å². The molecule has 2 aliphatic rings. The quantitative estimate of drug-likeness (QED) is 0.489. The normalized spacial score (nSPS) is 18.0. The first-order valence-electron chi connectivity index (χ1n) is 10.9. The van der Waals surface area contributed by atoms with E-state index in [-0.39, 0.29) is 30.6 Å². The Bertz CT molecular complexity index is 1110. The fourth-order valence-corrected chi connectivity index (χ4v) is 4.60. The second-order valence-electron chi connectivity index (χ2n) is 8.40. The number of benzene rings is 1. The van der Waals surface area contributed by atoms with Gasteiger partial charge >= 0.3 is 12.3 Å². The van der Waals surface area contributed by atoms with Gasteiger partial charge in [0.15, 0.2) is 12.6 Å². The van der Waals surface area contributed by atoms with Gasteiger partial charge in [-0.3, -0.25) is 4.79 Å². The molecule has 2 aromatic rings. The molecule has 4 rings (SSSR count). The highest BCUT2D eigenvalue weighted by atomic mass is 19.4. The number of Topliss-reactive ketones (excluding diaryl/α,β-unsaturated/α-hetero) is 1. The molecule has 1 aromatic carbocycles. The first-order valence-corrected chi connectivity index (χ1v) is 10.9. The fourth-order valence-electron chi connectivity index (χ4n) is 4.60. The van der Waals surface area contributed by atoms with Crippen molar-refractivity contribution in [1.29, 1.82) is 0 Å². The molecule has 1 N–H and O–H groups in total. The van der Waals surface area contributed by atoms with E-state index in [4.69, 9.17) is 9.47 Å². The molecular formula is C23H24F3N3O5. The van der Waals surface area contributed by atoms with E-state index in [1.807, 2.05) is 0 Å². The van der Waals surface area contributed by atoms with Crippen molar-refractivity contribution in [3.05, 3.63) is 40.6 Å². The molecule has 34 heavy (non-hydrogen) atoms. The first kappa shape index (κ1) is 23.9. The monoisotopic (exact) mass is 479 g/mol. The number of likely N-dealkylation sites (tertiary alicyclic amines) is 1. The molecule has 0 saturated carbocycles. The molecule has 1 saturated heterocycles. The number of carboxylic acid groups (broad SMARTS) is 1. The number of hydrogen-bond acceptors (Lipinski definition) is 6. The molecule has 1 unspecified atom stereocenters. The zero-order chi connectivity index (χ0) is 24.5. The highest BCUT2D eigenvalue weighted by molar-refractivity contribution is 5.98. The molecule has 182 valence electrons. The van der Waals surface area contributed by atoms with Gasteiger partial charge in [0.2, 0.25) is 0 Å². The highest BCUT2D eigenvalue weighted by Gasteiger charge is 2.35. The Morgan fingerprint density at radius 1 is 1.18 bits per heavy atom. The minimum Gasteiger partial charge on any atom is -0.467 e. The van der Waals surface area contributed by atoms with Crippen molar-refractivity contribution in [2.24, 2.45) is 5.92 Å². The van der Waals surface area contributed by atoms with Crippen LogP contribution in [0.4, 0.5) is 18.0 Å². The third-order valence-electron chi connectivity index (χ3n) is 6.23. The standard InChI is InChI=1S/C23H24F3N3O5/c1-33-12-34-18-10-14(23(24,25)26)7-8-17(18)19-15-5-2-6-16(15)20(28-27-19)21(30)13-4-3-9-29(11-13)22(31)32/h7-8,10,13H,2-6,9,11-12H2,1H3,(H,31,32). The summed E-state index contributed by atoms with van der Waals surface area (Å²) in [6.07, 6.45) is -2.53. The van der Waals surface area contributed by atoms with Crippen LogP contribution >= 0.6 is 0 Å². The second kappa shape index (κ2) is 9.57. The summed E-state index contributed by atoms with van der Waals surface area (Å²) in [5.41, 5.74) is 1.55. The van der Waals surface area contributed by atoms with Gasteiger partial charge in [-0.2, -0.15) is 13.2 Å². The fraction of sp³-hybridized carbons (Fsp3) is 0.478. The number of carbonyl (C=O) groups is 2. The van der Waals surface area contributed by atoms with Crippen molar-refractivity contribution in [2.75, 3.05) is 27.0 Å². The summed E-state index contributed by atoms with van der Waals surface area (Å²) in [4.78, 5) is 25.8. The predicted octanol–water partition coefficient (Wildman–Crippen LogP) is 4.21. The van der Waals surface area contributed by atoms with Crippen LogP contribution in [0.3, 0.4) is 0 Å². The van der Waals surface area contributed by atoms with Crippen LogP contribution in [0.5, 0.6) is 5.75 Å². The van der Waals surface area contributed by atoms with E-state index in [2.05, 4.69) is 10.2 Å². The molecule has 1 amide bonds. The third-order valence-corrected chi connectivity index (χ3v) is 6.23. The molecule has 1 atom stereocenters. The molecule has 1 fully saturated rings. The third kappa shape index (κ3) is 4.70. The van der Waals surface area contributed by atoms with E-state index in [0.717, 1.165) is 29.7 Å². The number of nitrogens with zero attached hydrogens (tertiary/aromatic N) is 3. The molecule has 1 aromatic heterocycles. The summed E-state index contributed by atoms with van der Waals surface area (Å²) < 4.78 is 50.0. The molecule has 8 nitrogen and oxygen atoms in total. The number of fused-ring (bicyclic) bond motifs is 1. The summed E-state index contributed by atoms with van der Waals surface area (Å²) in [5, 5.41) is 17.7. The van der Waals surface area contributed by atoms with Gasteiger partial charge in [-0.1, -0.05) is 0 Å². The molecular weight excluding hydrogens is 455 g/mol. The lowest BCUT2D eigenvalue weighted by Gasteiger charge is -2.29. The van der Waals surface area contributed by atoms with E-state index >= 15 is 0 Å². The number of piperidine rings is 1. The average Bonchev–Trinajstić information content (AvgIpc) is 3.31. The number of amides is 1. The molecule has 2 heterocycles. The number of ether oxygens (including phenoxy) is 2. The molecule has 11 heteroatoms. The van der Waals surface area contributed by atoms with Gasteiger partial charge in [0, 0.05) is 31.7 Å². The Labute approximate surface area is 193 Å². The molecule has 1 aliphatic heterocycles. The summed E-state index contributed by atoms with van der Waals surface area (Å²) in [5.74, 6) is -0.781. The van der Waals surface area contributed by atoms with Crippen LogP contribution in [0.25, 0.3) is 11.3 Å². The first-order chi connectivity index (χ1) is 16.2. The van der Waals surface area contributed by atoms with Crippen molar-refractivity contribution in [3.63, 3.8) is 0 Å². The zero-order valence-corrected chi connectivity index (χ0v) is 18.5. The minimum absolute atomic E-state index is 0.0384. The predicted molar refractivity (Wildman–Crippen MR) is 114 cm³/mol. The minimum atomic E-state index is -4.54. The van der Waals surface area contributed by atoms with Crippen LogP contribution in [-0.4, -0.2) is 59.1 Å². The van der Waals surface area contributed by atoms with Crippen LogP contribution < -0.4 is 4.74 Å². The van der Waals surface area contributed by atoms with Gasteiger partial charge in [0.05, 0.1) is 5.56 Å². The number of alkyl halides is 3. The van der Waals surface area contributed by atoms with E-state index < -0.39 is 23.8 Å². The van der Waals surface area contributed by atoms with Crippen molar-refractivity contribution in [3.8, 4) is 17.0 Å². The Kier molecular flexibility index (Phi) is 6.74. The van der Waals surface area contributed by atoms with Gasteiger partial charge in [-0.15, -0.1) is 10.2 Å². The van der Waals surface area contributed by atoms with E-state index in [1.54, 1.807) is 0 Å². The smallest absolute Gasteiger partial charge is 0.416 e. The van der Waals surface area contributed by atoms with Crippen molar-refractivity contribution in [2.45, 2.75) is 38.3 Å². The maximum absolute atomic E-state index is 13.3. The highest BCUT2D eigenvalue weighted by Crippen LogP contribution is 2.40. The second-order valence-corrected chi connectivity index (χ2v) is 8.40. The van der Waals surface area contributed by atoms with Crippen LogP contribution in [0.1, 0.15) is 46.4 Å². The maximum atomic E-state index is 13.3. The van der Waals surface area contributed by atoms with E-state index in [9.17, 15) is 27.9 Å². The Balaban J connectivity index is 1.71. The lowest BCUT2D eigenvalue weighted by molar-refractivity contribution is -0.137. The van der Waals surface area contributed by atoms with Gasteiger partial charge < -0.3 is 19.5 Å². The van der Waals surface area contributed by atoms with Gasteiger partial charge in [0.1, 0.15) is 17.1 Å². The van der Waals surface area contributed by atoms with Crippen LogP contribution in [-0.2, 0) is 23.8 Å². The number of halogens is 3. The summed E-state index contributed by atoms with van der Waals surface area (Å²) >= 11 is 0. The molecule has 0 spiro atoms. The lowest BCUT2D eigenvalue weighted by Crippen LogP contribution is -2.42. The SMILES string of the molecule is COCOc1cc(C(F)(F)F)ccc1-c1nnc(C(=O)C2CCCN(C(=O)O)C2)c2c1CCC2. The Morgan fingerprint density at radius 2 is 1.94 bits per heavy atom. The van der Waals surface area contributed by atoms with Gasteiger partial charge in [-0.05, 0) is 61.4 Å². The van der Waals surface area contributed by atoms with Gasteiger partial charge in [0.25, 0.3) is 0 Å². The molecule has 1 aliphatic carbocycles. The lowest BCUT2D eigenvalue weighted by atomic mass is 9.89. The summed E-state index contributed by atoms with van der Waals surface area (Å²) in [6.45, 7) is 0.253. The average molecular weight is 479 g/mol. The summed E-state index contributed by atoms with van der Waals surface area (Å²) in [6, 6.07) is 3.16. The number of methoxy groups -OCH3 is 1.